The molecule has 0 heterocycles. The first-order chi connectivity index (χ1) is 7.31. The number of carbonyl (C=O) groups is 1. The number of nitrogens with one attached hydrogen (secondary N) is 1. The summed E-state index contributed by atoms with van der Waals surface area (Å²) in [5.74, 6) is 0. The van der Waals surface area contributed by atoms with Gasteiger partial charge >= 0.3 is 6.09 Å². The summed E-state index contributed by atoms with van der Waals surface area (Å²) in [4.78, 5) is 13.7. The van der Waals surface area contributed by atoms with Gasteiger partial charge in [-0.05, 0) is 53.6 Å². The van der Waals surface area contributed by atoms with Crippen LogP contribution in [0.15, 0.2) is 0 Å². The fourth-order valence-electron chi connectivity index (χ4n) is 1.78. The van der Waals surface area contributed by atoms with Gasteiger partial charge in [0, 0.05) is 12.6 Å². The highest BCUT2D eigenvalue weighted by Gasteiger charge is 2.48. The molecule has 0 aromatic heterocycles. The Bertz CT molecular complexity index is 254. The summed E-state index contributed by atoms with van der Waals surface area (Å²) in [5, 5.41) is 3.13. The number of amides is 1. The van der Waals surface area contributed by atoms with E-state index >= 15 is 0 Å². The third kappa shape index (κ3) is 3.37. The standard InChI is InChI=1S/C12H24N2O2/c1-11(2,3)16-10(15)14(5)12(6-7-12)8-9-13-4/h13H,6-9H2,1-5H3. The van der Waals surface area contributed by atoms with E-state index in [1.807, 2.05) is 34.9 Å². The van der Waals surface area contributed by atoms with E-state index in [0.29, 0.717) is 0 Å². The molecule has 0 aromatic carbocycles. The zero-order valence-electron chi connectivity index (χ0n) is 11.1. The summed E-state index contributed by atoms with van der Waals surface area (Å²) in [6.45, 7) is 6.62. The molecule has 0 spiro atoms. The van der Waals surface area contributed by atoms with Gasteiger partial charge in [-0.2, -0.15) is 0 Å². The van der Waals surface area contributed by atoms with E-state index in [-0.39, 0.29) is 11.6 Å². The van der Waals surface area contributed by atoms with Crippen molar-refractivity contribution in [2.75, 3.05) is 20.6 Å². The molecule has 4 nitrogen and oxygen atoms in total. The third-order valence-corrected chi connectivity index (χ3v) is 3.05. The zero-order valence-corrected chi connectivity index (χ0v) is 11.1. The highest BCUT2D eigenvalue weighted by atomic mass is 16.6. The average Bonchev–Trinajstić information content (AvgIpc) is 2.92. The lowest BCUT2D eigenvalue weighted by molar-refractivity contribution is 0.0187. The number of hydrogen-bond donors (Lipinski definition) is 1. The topological polar surface area (TPSA) is 41.6 Å². The minimum absolute atomic E-state index is 0.0470. The van der Waals surface area contributed by atoms with Crippen LogP contribution in [0.3, 0.4) is 0 Å². The quantitative estimate of drug-likeness (QED) is 0.800. The molecule has 16 heavy (non-hydrogen) atoms. The Labute approximate surface area is 98.3 Å². The smallest absolute Gasteiger partial charge is 0.410 e. The van der Waals surface area contributed by atoms with Crippen LogP contribution in [-0.2, 0) is 4.74 Å². The second kappa shape index (κ2) is 4.62. The Balaban J connectivity index is 2.50. The van der Waals surface area contributed by atoms with Crippen molar-refractivity contribution in [3.63, 3.8) is 0 Å². The summed E-state index contributed by atoms with van der Waals surface area (Å²) in [5.41, 5.74) is -0.365. The number of carbonyl (C=O) groups excluding carboxylic acids is 1. The number of nitrogens with zero attached hydrogens (tertiary/aromatic N) is 1. The first-order valence-electron chi connectivity index (χ1n) is 5.92. The minimum atomic E-state index is -0.412. The van der Waals surface area contributed by atoms with Crippen LogP contribution in [0, 0.1) is 0 Å². The predicted octanol–water partition coefficient (Wildman–Crippen LogP) is 2.00. The molecule has 0 saturated heterocycles. The normalized spacial score (nSPS) is 18.1. The van der Waals surface area contributed by atoms with Crippen LogP contribution in [-0.4, -0.2) is 42.8 Å². The Morgan fingerprint density at radius 2 is 2.00 bits per heavy atom. The van der Waals surface area contributed by atoms with Crippen LogP contribution < -0.4 is 5.32 Å². The van der Waals surface area contributed by atoms with E-state index in [0.717, 1.165) is 25.8 Å². The van der Waals surface area contributed by atoms with Crippen molar-refractivity contribution >= 4 is 6.09 Å². The minimum Gasteiger partial charge on any atom is -0.444 e. The Morgan fingerprint density at radius 1 is 1.44 bits per heavy atom. The van der Waals surface area contributed by atoms with Crippen molar-refractivity contribution in [3.8, 4) is 0 Å². The van der Waals surface area contributed by atoms with Gasteiger partial charge in [-0.25, -0.2) is 4.79 Å². The van der Waals surface area contributed by atoms with Gasteiger partial charge in [-0.15, -0.1) is 0 Å². The monoisotopic (exact) mass is 228 g/mol. The Hall–Kier alpha value is -0.770. The predicted molar refractivity (Wildman–Crippen MR) is 64.5 cm³/mol. The summed E-state index contributed by atoms with van der Waals surface area (Å²) < 4.78 is 5.37. The highest BCUT2D eigenvalue weighted by Crippen LogP contribution is 2.44. The van der Waals surface area contributed by atoms with Gasteiger partial charge < -0.3 is 15.0 Å². The second-order valence-corrected chi connectivity index (χ2v) is 5.62. The molecule has 1 aliphatic rings. The van der Waals surface area contributed by atoms with E-state index in [2.05, 4.69) is 5.32 Å². The van der Waals surface area contributed by atoms with Crippen LogP contribution in [0.5, 0.6) is 0 Å². The first kappa shape index (κ1) is 13.3. The van der Waals surface area contributed by atoms with Gasteiger partial charge in [-0.3, -0.25) is 0 Å². The van der Waals surface area contributed by atoms with E-state index < -0.39 is 5.60 Å². The average molecular weight is 228 g/mol. The maximum Gasteiger partial charge on any atom is 0.410 e. The van der Waals surface area contributed by atoms with E-state index in [1.54, 1.807) is 4.90 Å². The molecule has 1 saturated carbocycles. The molecule has 94 valence electrons. The molecule has 0 atom stereocenters. The molecule has 4 heteroatoms. The van der Waals surface area contributed by atoms with E-state index in [1.165, 1.54) is 0 Å². The molecule has 1 N–H and O–H groups in total. The molecule has 0 aromatic rings. The summed E-state index contributed by atoms with van der Waals surface area (Å²) in [6.07, 6.45) is 2.97. The van der Waals surface area contributed by atoms with Gasteiger partial charge in [0.15, 0.2) is 0 Å². The molecule has 0 unspecified atom stereocenters. The maximum absolute atomic E-state index is 11.9. The number of hydrogen-bond acceptors (Lipinski definition) is 3. The molecule has 1 fully saturated rings. The van der Waals surface area contributed by atoms with Crippen LogP contribution in [0.4, 0.5) is 4.79 Å². The molecule has 1 aliphatic carbocycles. The molecular weight excluding hydrogens is 204 g/mol. The fraction of sp³-hybridized carbons (Fsp3) is 0.917. The van der Waals surface area contributed by atoms with E-state index in [9.17, 15) is 4.79 Å². The van der Waals surface area contributed by atoms with Crippen molar-refractivity contribution in [2.45, 2.75) is 51.2 Å². The van der Waals surface area contributed by atoms with Crippen molar-refractivity contribution in [1.82, 2.24) is 10.2 Å². The molecule has 0 radical (unpaired) electrons. The van der Waals surface area contributed by atoms with Crippen molar-refractivity contribution in [1.29, 1.82) is 0 Å². The molecule has 1 rings (SSSR count). The van der Waals surface area contributed by atoms with Gasteiger partial charge in [0.25, 0.3) is 0 Å². The van der Waals surface area contributed by atoms with Crippen LogP contribution in [0.25, 0.3) is 0 Å². The molecule has 0 bridgehead atoms. The molecular formula is C12H24N2O2. The zero-order chi connectivity index (χ0) is 12.4. The van der Waals surface area contributed by atoms with Gasteiger partial charge in [-0.1, -0.05) is 0 Å². The fourth-order valence-corrected chi connectivity index (χ4v) is 1.78. The van der Waals surface area contributed by atoms with Gasteiger partial charge in [0.2, 0.25) is 0 Å². The van der Waals surface area contributed by atoms with Crippen molar-refractivity contribution < 1.29 is 9.53 Å². The van der Waals surface area contributed by atoms with Crippen LogP contribution >= 0.6 is 0 Å². The maximum atomic E-state index is 11.9. The number of rotatable bonds is 4. The lowest BCUT2D eigenvalue weighted by Crippen LogP contribution is -2.43. The summed E-state index contributed by atoms with van der Waals surface area (Å²) >= 11 is 0. The van der Waals surface area contributed by atoms with E-state index in [4.69, 9.17) is 4.74 Å². The summed E-state index contributed by atoms with van der Waals surface area (Å²) in [6, 6.07) is 0. The Morgan fingerprint density at radius 3 is 2.38 bits per heavy atom. The van der Waals surface area contributed by atoms with Gasteiger partial charge in [0.05, 0.1) is 0 Å². The lowest BCUT2D eigenvalue weighted by Gasteiger charge is -2.31. The third-order valence-electron chi connectivity index (χ3n) is 3.05. The largest absolute Gasteiger partial charge is 0.444 e. The molecule has 0 aliphatic heterocycles. The number of ether oxygens (including phenoxy) is 1. The first-order valence-corrected chi connectivity index (χ1v) is 5.92. The van der Waals surface area contributed by atoms with Crippen molar-refractivity contribution in [3.05, 3.63) is 0 Å². The van der Waals surface area contributed by atoms with Gasteiger partial charge in [0.1, 0.15) is 5.60 Å². The Kier molecular flexibility index (Phi) is 3.84. The summed E-state index contributed by atoms with van der Waals surface area (Å²) in [7, 11) is 3.78. The van der Waals surface area contributed by atoms with Crippen LogP contribution in [0.2, 0.25) is 0 Å². The van der Waals surface area contributed by atoms with Crippen LogP contribution in [0.1, 0.15) is 40.0 Å². The lowest BCUT2D eigenvalue weighted by atomic mass is 10.1. The highest BCUT2D eigenvalue weighted by molar-refractivity contribution is 5.69. The van der Waals surface area contributed by atoms with Crippen molar-refractivity contribution in [2.24, 2.45) is 0 Å². The SMILES string of the molecule is CNCCC1(N(C)C(=O)OC(C)(C)C)CC1. The molecule has 1 amide bonds. The second-order valence-electron chi connectivity index (χ2n) is 5.62.